The van der Waals surface area contributed by atoms with Crippen LogP contribution in [-0.2, 0) is 9.47 Å². The summed E-state index contributed by atoms with van der Waals surface area (Å²) in [6.07, 6.45) is 2.23. The van der Waals surface area contributed by atoms with Crippen LogP contribution < -0.4 is 5.32 Å². The lowest BCUT2D eigenvalue weighted by atomic mass is 9.99. The molecule has 2 aromatic rings. The van der Waals surface area contributed by atoms with Crippen LogP contribution in [0.4, 0.5) is 6.01 Å². The highest BCUT2D eigenvalue weighted by Crippen LogP contribution is 2.33. The summed E-state index contributed by atoms with van der Waals surface area (Å²) in [5.74, 6) is 0. The van der Waals surface area contributed by atoms with Crippen molar-refractivity contribution in [2.75, 3.05) is 38.2 Å². The third-order valence-electron chi connectivity index (χ3n) is 5.22. The van der Waals surface area contributed by atoms with Gasteiger partial charge >= 0.3 is 0 Å². The van der Waals surface area contributed by atoms with Crippen LogP contribution in [0.15, 0.2) is 28.7 Å². The molecular weight excluding hydrogens is 318 g/mol. The standard InChI is InChI=1S/C19H27N3O3/c1-14(2)22-9-10-23-13-19(12-22)8-7-15(25-19)11-20-18-21-16-5-3-4-6-17(16)24-18/h3-6,14-15H,7-13H2,1-2H3,(H,20,21)/t15-,19-/m1/s1. The number of rotatable bonds is 4. The van der Waals surface area contributed by atoms with Crippen LogP contribution in [0.25, 0.3) is 11.1 Å². The van der Waals surface area contributed by atoms with Crippen molar-refractivity contribution in [2.45, 2.75) is 44.4 Å². The summed E-state index contributed by atoms with van der Waals surface area (Å²) >= 11 is 0. The van der Waals surface area contributed by atoms with Gasteiger partial charge in [0.2, 0.25) is 0 Å². The first-order valence-corrected chi connectivity index (χ1v) is 9.23. The van der Waals surface area contributed by atoms with Crippen LogP contribution in [0, 0.1) is 0 Å². The van der Waals surface area contributed by atoms with Gasteiger partial charge in [0, 0.05) is 25.7 Å². The Bertz CT molecular complexity index is 684. The van der Waals surface area contributed by atoms with Gasteiger partial charge in [0.15, 0.2) is 5.58 Å². The van der Waals surface area contributed by atoms with E-state index in [0.717, 1.165) is 43.6 Å². The molecule has 0 unspecified atom stereocenters. The van der Waals surface area contributed by atoms with Crippen LogP contribution in [0.2, 0.25) is 0 Å². The van der Waals surface area contributed by atoms with Gasteiger partial charge in [-0.1, -0.05) is 12.1 Å². The summed E-state index contributed by atoms with van der Waals surface area (Å²) in [5, 5.41) is 3.29. The summed E-state index contributed by atoms with van der Waals surface area (Å²) in [6, 6.07) is 8.87. The Labute approximate surface area is 148 Å². The van der Waals surface area contributed by atoms with Gasteiger partial charge < -0.3 is 19.2 Å². The lowest BCUT2D eigenvalue weighted by molar-refractivity contribution is -0.0839. The molecule has 1 aromatic heterocycles. The molecule has 6 nitrogen and oxygen atoms in total. The van der Waals surface area contributed by atoms with Crippen molar-refractivity contribution in [1.82, 2.24) is 9.88 Å². The molecule has 6 heteroatoms. The molecule has 0 amide bonds. The summed E-state index contributed by atoms with van der Waals surface area (Å²) in [6.45, 7) is 8.58. The predicted octanol–water partition coefficient (Wildman–Crippen LogP) is 2.90. The first-order valence-electron chi connectivity index (χ1n) is 9.23. The highest BCUT2D eigenvalue weighted by atomic mass is 16.6. The van der Waals surface area contributed by atoms with Gasteiger partial charge in [0.25, 0.3) is 6.01 Å². The third-order valence-corrected chi connectivity index (χ3v) is 5.22. The fourth-order valence-electron chi connectivity index (χ4n) is 3.79. The van der Waals surface area contributed by atoms with Gasteiger partial charge in [-0.05, 0) is 38.8 Å². The number of hydrogen-bond donors (Lipinski definition) is 1. The summed E-state index contributed by atoms with van der Waals surface area (Å²) in [7, 11) is 0. The normalized spacial score (nSPS) is 28.0. The largest absolute Gasteiger partial charge is 0.424 e. The maximum Gasteiger partial charge on any atom is 0.295 e. The molecule has 1 aromatic carbocycles. The number of aromatic nitrogens is 1. The maximum atomic E-state index is 6.45. The minimum absolute atomic E-state index is 0.158. The Morgan fingerprint density at radius 2 is 2.24 bits per heavy atom. The van der Waals surface area contributed by atoms with Gasteiger partial charge in [0.05, 0.1) is 19.3 Å². The number of oxazole rings is 1. The number of benzene rings is 1. The molecule has 0 bridgehead atoms. The summed E-state index contributed by atoms with van der Waals surface area (Å²) < 4.78 is 18.0. The van der Waals surface area contributed by atoms with Crippen molar-refractivity contribution in [3.8, 4) is 0 Å². The number of ether oxygens (including phenoxy) is 2. The van der Waals surface area contributed by atoms with Crippen molar-refractivity contribution in [2.24, 2.45) is 0 Å². The molecule has 136 valence electrons. The maximum absolute atomic E-state index is 6.45. The number of para-hydroxylation sites is 2. The van der Waals surface area contributed by atoms with E-state index in [-0.39, 0.29) is 11.7 Å². The van der Waals surface area contributed by atoms with Gasteiger partial charge in [0.1, 0.15) is 11.1 Å². The van der Waals surface area contributed by atoms with Crippen molar-refractivity contribution < 1.29 is 13.9 Å². The van der Waals surface area contributed by atoms with Gasteiger partial charge in [-0.15, -0.1) is 0 Å². The Morgan fingerprint density at radius 3 is 3.08 bits per heavy atom. The second kappa shape index (κ2) is 6.94. The molecule has 2 fully saturated rings. The fraction of sp³-hybridized carbons (Fsp3) is 0.632. The number of fused-ring (bicyclic) bond motifs is 1. The highest BCUT2D eigenvalue weighted by molar-refractivity contribution is 5.74. The molecule has 0 saturated carbocycles. The van der Waals surface area contributed by atoms with Gasteiger partial charge in [-0.25, -0.2) is 0 Å². The molecule has 0 aliphatic carbocycles. The second-order valence-electron chi connectivity index (χ2n) is 7.45. The molecule has 1 spiro atoms. The molecule has 25 heavy (non-hydrogen) atoms. The Balaban J connectivity index is 1.36. The molecule has 0 radical (unpaired) electrons. The molecule has 3 heterocycles. The molecule has 2 saturated heterocycles. The molecule has 4 rings (SSSR count). The average Bonchev–Trinajstić information content (AvgIpc) is 3.12. The van der Waals surface area contributed by atoms with E-state index in [2.05, 4.69) is 29.0 Å². The fourth-order valence-corrected chi connectivity index (χ4v) is 3.79. The minimum atomic E-state index is -0.172. The van der Waals surface area contributed by atoms with E-state index in [1.165, 1.54) is 0 Å². The zero-order chi connectivity index (χ0) is 17.3. The first kappa shape index (κ1) is 16.8. The monoisotopic (exact) mass is 345 g/mol. The molecule has 2 aliphatic rings. The SMILES string of the molecule is CC(C)N1CCOC[C@@]2(CC[C@H](CNc3nc4ccccc4o3)O2)C1. The zero-order valence-electron chi connectivity index (χ0n) is 15.0. The second-order valence-corrected chi connectivity index (χ2v) is 7.45. The van der Waals surface area contributed by atoms with E-state index in [0.29, 0.717) is 25.2 Å². The first-order chi connectivity index (χ1) is 12.1. The summed E-state index contributed by atoms with van der Waals surface area (Å²) in [5.41, 5.74) is 1.51. The van der Waals surface area contributed by atoms with E-state index in [1.807, 2.05) is 24.3 Å². The molecule has 1 N–H and O–H groups in total. The van der Waals surface area contributed by atoms with Crippen molar-refractivity contribution in [3.63, 3.8) is 0 Å². The van der Waals surface area contributed by atoms with E-state index < -0.39 is 0 Å². The van der Waals surface area contributed by atoms with Crippen LogP contribution in [0.3, 0.4) is 0 Å². The zero-order valence-corrected chi connectivity index (χ0v) is 15.0. The lowest BCUT2D eigenvalue weighted by Gasteiger charge is -2.33. The van der Waals surface area contributed by atoms with Crippen LogP contribution >= 0.6 is 0 Å². The number of hydrogen-bond acceptors (Lipinski definition) is 6. The van der Waals surface area contributed by atoms with E-state index >= 15 is 0 Å². The Morgan fingerprint density at radius 1 is 1.36 bits per heavy atom. The van der Waals surface area contributed by atoms with Gasteiger partial charge in [-0.2, -0.15) is 4.98 Å². The Kier molecular flexibility index (Phi) is 4.67. The van der Waals surface area contributed by atoms with Crippen molar-refractivity contribution >= 4 is 17.1 Å². The van der Waals surface area contributed by atoms with Crippen LogP contribution in [-0.4, -0.2) is 60.5 Å². The van der Waals surface area contributed by atoms with E-state index in [4.69, 9.17) is 13.9 Å². The topological polar surface area (TPSA) is 59.8 Å². The minimum Gasteiger partial charge on any atom is -0.424 e. The average molecular weight is 345 g/mol. The lowest BCUT2D eigenvalue weighted by Crippen LogP contribution is -2.47. The number of anilines is 1. The van der Waals surface area contributed by atoms with Crippen LogP contribution in [0.1, 0.15) is 26.7 Å². The Hall–Kier alpha value is -1.63. The van der Waals surface area contributed by atoms with E-state index in [9.17, 15) is 0 Å². The van der Waals surface area contributed by atoms with Gasteiger partial charge in [-0.3, -0.25) is 4.90 Å². The molecule has 2 atom stereocenters. The van der Waals surface area contributed by atoms with Crippen LogP contribution in [0.5, 0.6) is 0 Å². The molecular formula is C19H27N3O3. The smallest absolute Gasteiger partial charge is 0.295 e. The number of nitrogens with zero attached hydrogens (tertiary/aromatic N) is 2. The summed E-state index contributed by atoms with van der Waals surface area (Å²) in [4.78, 5) is 6.92. The van der Waals surface area contributed by atoms with E-state index in [1.54, 1.807) is 0 Å². The number of nitrogens with one attached hydrogen (secondary N) is 1. The van der Waals surface area contributed by atoms with Crippen molar-refractivity contribution in [3.05, 3.63) is 24.3 Å². The molecule has 2 aliphatic heterocycles. The highest BCUT2D eigenvalue weighted by Gasteiger charge is 2.43. The quantitative estimate of drug-likeness (QED) is 0.919. The predicted molar refractivity (Wildman–Crippen MR) is 96.9 cm³/mol. The van der Waals surface area contributed by atoms with Crippen molar-refractivity contribution in [1.29, 1.82) is 0 Å². The third kappa shape index (κ3) is 3.66.